The third kappa shape index (κ3) is 10.8. The summed E-state index contributed by atoms with van der Waals surface area (Å²) in [7, 11) is 0. The number of unbranched alkanes of at least 4 members (excludes halogenated alkanes) is 1. The van der Waals surface area contributed by atoms with Gasteiger partial charge in [0.2, 0.25) is 0 Å². The van der Waals surface area contributed by atoms with Crippen molar-refractivity contribution >= 4 is 68.9 Å². The van der Waals surface area contributed by atoms with Crippen LogP contribution in [0.25, 0.3) is 10.8 Å². The number of rotatable bonds is 17. The van der Waals surface area contributed by atoms with Gasteiger partial charge in [-0.3, -0.25) is 4.79 Å². The summed E-state index contributed by atoms with van der Waals surface area (Å²) in [5.41, 5.74) is 5.65. The fourth-order valence-electron chi connectivity index (χ4n) is 5.18. The summed E-state index contributed by atoms with van der Waals surface area (Å²) in [4.78, 5) is 29.9. The minimum atomic E-state index is -0.473. The van der Waals surface area contributed by atoms with Gasteiger partial charge in [-0.25, -0.2) is 9.79 Å². The summed E-state index contributed by atoms with van der Waals surface area (Å²) < 4.78 is 10.3. The molecule has 11 heteroatoms. The number of aliphatic imine (C=N–C) groups is 1. The molecule has 0 aliphatic heterocycles. The molecule has 0 amide bonds. The minimum Gasteiger partial charge on any atom is -0.463 e. The Morgan fingerprint density at radius 1 is 0.712 bits per heavy atom. The van der Waals surface area contributed by atoms with Crippen LogP contribution in [0.3, 0.4) is 0 Å². The molecule has 0 saturated heterocycles. The van der Waals surface area contributed by atoms with Crippen molar-refractivity contribution in [1.82, 2.24) is 0 Å². The number of carbonyl (C=O) groups excluding carboxylic acids is 2. The molecule has 264 valence electrons. The van der Waals surface area contributed by atoms with Crippen LogP contribution >= 0.6 is 0 Å². The summed E-state index contributed by atoms with van der Waals surface area (Å²) >= 11 is 0. The number of esters is 2. The number of ether oxygens (including phenoxy) is 2. The molecule has 0 radical (unpaired) electrons. The number of nitrogens with one attached hydrogen (secondary N) is 1. The predicted molar refractivity (Wildman–Crippen MR) is 208 cm³/mol. The lowest BCUT2D eigenvalue weighted by atomic mass is 10.1. The topological polar surface area (TPSA) is 130 Å². The number of benzene rings is 5. The minimum absolute atomic E-state index is 0.226. The Labute approximate surface area is 303 Å². The number of hydrogen-bond acceptors (Lipinski definition) is 10. The van der Waals surface area contributed by atoms with Gasteiger partial charge in [-0.15, -0.1) is 10.2 Å². The molecule has 0 bridgehead atoms. The van der Waals surface area contributed by atoms with E-state index in [4.69, 9.17) is 9.47 Å². The van der Waals surface area contributed by atoms with Crippen LogP contribution in [0.15, 0.2) is 147 Å². The molecule has 0 unspecified atom stereocenters. The molecule has 52 heavy (non-hydrogen) atoms. The van der Waals surface area contributed by atoms with Gasteiger partial charge in [0.25, 0.3) is 0 Å². The molecule has 5 rings (SSSR count). The lowest BCUT2D eigenvalue weighted by Gasteiger charge is -2.20. The molecule has 11 nitrogen and oxygen atoms in total. The Morgan fingerprint density at radius 3 is 1.87 bits per heavy atom. The lowest BCUT2D eigenvalue weighted by Crippen LogP contribution is -2.21. The Hall–Kier alpha value is -6.49. The van der Waals surface area contributed by atoms with E-state index < -0.39 is 5.97 Å². The quantitative estimate of drug-likeness (QED) is 0.0196. The van der Waals surface area contributed by atoms with Crippen LogP contribution in [-0.4, -0.2) is 38.0 Å². The molecule has 0 spiro atoms. The highest BCUT2D eigenvalue weighted by atomic mass is 16.5. The van der Waals surface area contributed by atoms with Crippen molar-refractivity contribution in [1.29, 1.82) is 0 Å². The van der Waals surface area contributed by atoms with E-state index in [1.165, 1.54) is 5.69 Å². The Morgan fingerprint density at radius 2 is 1.29 bits per heavy atom. The smallest absolute Gasteiger partial charge is 0.330 e. The number of azo groups is 2. The van der Waals surface area contributed by atoms with Gasteiger partial charge >= 0.3 is 11.9 Å². The van der Waals surface area contributed by atoms with Crippen molar-refractivity contribution < 1.29 is 19.1 Å². The highest BCUT2D eigenvalue weighted by molar-refractivity contribution is 5.99. The van der Waals surface area contributed by atoms with E-state index in [0.717, 1.165) is 58.4 Å². The molecule has 0 aromatic heterocycles. The Balaban J connectivity index is 1.12. The van der Waals surface area contributed by atoms with Gasteiger partial charge in [0.1, 0.15) is 5.75 Å². The van der Waals surface area contributed by atoms with Crippen molar-refractivity contribution in [2.45, 2.75) is 33.1 Å². The van der Waals surface area contributed by atoms with Gasteiger partial charge in [-0.1, -0.05) is 30.8 Å². The van der Waals surface area contributed by atoms with Gasteiger partial charge in [-0.05, 0) is 112 Å². The van der Waals surface area contributed by atoms with E-state index in [9.17, 15) is 9.59 Å². The molecular weight excluding hydrogens is 654 g/mol. The van der Waals surface area contributed by atoms with Crippen molar-refractivity contribution in [2.75, 3.05) is 29.9 Å². The summed E-state index contributed by atoms with van der Waals surface area (Å²) in [5, 5.41) is 23.0. The van der Waals surface area contributed by atoms with E-state index in [-0.39, 0.29) is 19.0 Å². The van der Waals surface area contributed by atoms with E-state index in [2.05, 4.69) is 68.2 Å². The van der Waals surface area contributed by atoms with Crippen LogP contribution in [0, 0.1) is 0 Å². The van der Waals surface area contributed by atoms with Crippen molar-refractivity contribution in [2.24, 2.45) is 25.4 Å². The highest BCUT2D eigenvalue weighted by Gasteiger charge is 2.08. The number of nitrogens with zero attached hydrogens (tertiary/aromatic N) is 6. The lowest BCUT2D eigenvalue weighted by molar-refractivity contribution is -0.137. The van der Waals surface area contributed by atoms with Crippen LogP contribution < -0.4 is 15.0 Å². The first kappa shape index (κ1) is 36.8. The number of anilines is 2. The zero-order valence-corrected chi connectivity index (χ0v) is 29.3. The second kappa shape index (κ2) is 19.0. The largest absolute Gasteiger partial charge is 0.463 e. The molecule has 0 aliphatic rings. The SMILES string of the molecule is C=CC(=O)OCCCCC(=O)Oc1ccc(N/C=N/c2ccc(/N=N/c3ccc(/N=N/c4ccc(N(CC)CC)cc4)c4ccccc34)cc2)cc1. The Bertz CT molecular complexity index is 2040. The molecule has 0 atom stereocenters. The zero-order chi connectivity index (χ0) is 36.5. The van der Waals surface area contributed by atoms with Crippen LogP contribution in [0.5, 0.6) is 5.75 Å². The standard InChI is InChI=1S/C41H41N7O4/c1-4-40(49)51-28-10-9-13-41(50)52-35-24-20-31(21-25-35)43-29-42-30-14-16-32(17-15-30)44-46-38-26-27-39(37-12-8-7-11-36(37)38)47-45-33-18-22-34(23-19-33)48(5-2)6-3/h4,7-8,11-12,14-27,29H,1,5-6,9-10,13,28H2,2-3H3,(H,42,43)/b46-44+,47-45+. The van der Waals surface area contributed by atoms with E-state index >= 15 is 0 Å². The number of carbonyl (C=O) groups is 2. The summed E-state index contributed by atoms with van der Waals surface area (Å²) in [6.45, 7) is 9.78. The fourth-order valence-corrected chi connectivity index (χ4v) is 5.18. The molecule has 1 N–H and O–H groups in total. The second-order valence-corrected chi connectivity index (χ2v) is 11.5. The van der Waals surface area contributed by atoms with Crippen LogP contribution in [0.2, 0.25) is 0 Å². The van der Waals surface area contributed by atoms with Gasteiger partial charge in [-0.2, -0.15) is 10.2 Å². The van der Waals surface area contributed by atoms with E-state index in [1.54, 1.807) is 30.6 Å². The van der Waals surface area contributed by atoms with Gasteiger partial charge < -0.3 is 19.7 Å². The van der Waals surface area contributed by atoms with Crippen molar-refractivity contribution in [3.8, 4) is 5.75 Å². The van der Waals surface area contributed by atoms with Gasteiger partial charge in [0.05, 0.1) is 41.4 Å². The molecule has 0 saturated carbocycles. The fraction of sp³-hybridized carbons (Fsp3) is 0.195. The molecule has 0 aliphatic carbocycles. The van der Waals surface area contributed by atoms with E-state index in [1.807, 2.05) is 72.8 Å². The molecule has 0 heterocycles. The molecule has 0 fully saturated rings. The third-order valence-corrected chi connectivity index (χ3v) is 7.97. The average Bonchev–Trinajstić information content (AvgIpc) is 3.18. The zero-order valence-electron chi connectivity index (χ0n) is 29.3. The Kier molecular flexibility index (Phi) is 13.5. The molecule has 5 aromatic rings. The second-order valence-electron chi connectivity index (χ2n) is 11.5. The van der Waals surface area contributed by atoms with Gasteiger partial charge in [0.15, 0.2) is 0 Å². The first-order valence-electron chi connectivity index (χ1n) is 17.1. The third-order valence-electron chi connectivity index (χ3n) is 7.97. The maximum absolute atomic E-state index is 12.1. The van der Waals surface area contributed by atoms with Crippen molar-refractivity contribution in [3.63, 3.8) is 0 Å². The summed E-state index contributed by atoms with van der Waals surface area (Å²) in [6, 6.07) is 34.3. The van der Waals surface area contributed by atoms with Crippen LogP contribution in [0.1, 0.15) is 33.1 Å². The first-order chi connectivity index (χ1) is 25.4. The normalized spacial score (nSPS) is 11.3. The number of hydrogen-bond donors (Lipinski definition) is 1. The summed E-state index contributed by atoms with van der Waals surface area (Å²) in [6.07, 6.45) is 4.04. The maximum atomic E-state index is 12.1. The highest BCUT2D eigenvalue weighted by Crippen LogP contribution is 2.35. The maximum Gasteiger partial charge on any atom is 0.330 e. The summed E-state index contributed by atoms with van der Waals surface area (Å²) in [5.74, 6) is -0.380. The van der Waals surface area contributed by atoms with Crippen LogP contribution in [0.4, 0.5) is 39.8 Å². The number of fused-ring (bicyclic) bond motifs is 1. The van der Waals surface area contributed by atoms with E-state index in [0.29, 0.717) is 24.3 Å². The first-order valence-corrected chi connectivity index (χ1v) is 17.1. The van der Waals surface area contributed by atoms with Crippen molar-refractivity contribution in [3.05, 3.63) is 122 Å². The average molecular weight is 696 g/mol. The van der Waals surface area contributed by atoms with Gasteiger partial charge in [0, 0.05) is 47.7 Å². The monoisotopic (exact) mass is 695 g/mol. The molecular formula is C41H41N7O4. The molecule has 5 aromatic carbocycles. The predicted octanol–water partition coefficient (Wildman–Crippen LogP) is 11.1. The van der Waals surface area contributed by atoms with Crippen LogP contribution in [-0.2, 0) is 14.3 Å².